The summed E-state index contributed by atoms with van der Waals surface area (Å²) < 4.78 is 22.1. The number of nitrogens with two attached hydrogens (primary N) is 1. The van der Waals surface area contributed by atoms with E-state index in [0.717, 1.165) is 68.1 Å². The van der Waals surface area contributed by atoms with E-state index in [4.69, 9.17) is 31.5 Å². The van der Waals surface area contributed by atoms with Crippen molar-refractivity contribution in [1.82, 2.24) is 14.5 Å². The number of hydrogen-bond donors (Lipinski definition) is 2. The molecular formula is C39H54ClN5O5S. The molecule has 0 radical (unpaired) electrons. The number of nitrogens with zero attached hydrogens (tertiary/aromatic N) is 3. The van der Waals surface area contributed by atoms with Crippen LogP contribution in [-0.2, 0) is 18.2 Å². The van der Waals surface area contributed by atoms with Crippen LogP contribution in [0.25, 0.3) is 0 Å². The van der Waals surface area contributed by atoms with Gasteiger partial charge in [-0.3, -0.25) is 19.0 Å². The highest BCUT2D eigenvalue weighted by Gasteiger charge is 2.26. The minimum absolute atomic E-state index is 0.0677. The second-order valence-electron chi connectivity index (χ2n) is 13.3. The van der Waals surface area contributed by atoms with Crippen LogP contribution in [0.15, 0.2) is 60.8 Å². The monoisotopic (exact) mass is 739 g/mol. The summed E-state index contributed by atoms with van der Waals surface area (Å²) in [7, 11) is 3.25. The number of ether oxygens (including phenoxy) is 3. The molecule has 0 aliphatic carbocycles. The summed E-state index contributed by atoms with van der Waals surface area (Å²) in [6.45, 7) is 9.31. The number of anilines is 1. The normalized spacial score (nSPS) is 16.2. The highest BCUT2D eigenvalue weighted by atomic mass is 35.5. The van der Waals surface area contributed by atoms with E-state index in [-0.39, 0.29) is 17.9 Å². The van der Waals surface area contributed by atoms with Crippen LogP contribution in [0.5, 0.6) is 11.6 Å². The van der Waals surface area contributed by atoms with E-state index in [1.807, 2.05) is 37.3 Å². The first kappa shape index (κ1) is 40.1. The van der Waals surface area contributed by atoms with Crippen molar-refractivity contribution in [2.75, 3.05) is 44.1 Å². The molecule has 0 fully saturated rings. The van der Waals surface area contributed by atoms with E-state index in [1.54, 1.807) is 24.0 Å². The number of primary amides is 1. The third kappa shape index (κ3) is 12.2. The van der Waals surface area contributed by atoms with E-state index in [1.165, 1.54) is 24.6 Å². The number of carbonyl (C=O) groups is 2. The molecule has 2 unspecified atom stereocenters. The van der Waals surface area contributed by atoms with Gasteiger partial charge in [-0.25, -0.2) is 0 Å². The smallest absolute Gasteiger partial charge is 0.268 e. The van der Waals surface area contributed by atoms with Gasteiger partial charge in [0.15, 0.2) is 0 Å². The number of halogens is 1. The minimum atomic E-state index is -0.440. The number of aryl methyl sites for hydroxylation is 2. The maximum atomic E-state index is 12.7. The molecule has 2 heterocycles. The minimum Gasteiger partial charge on any atom is -0.491 e. The highest BCUT2D eigenvalue weighted by molar-refractivity contribution is 7.97. The lowest BCUT2D eigenvalue weighted by Gasteiger charge is -2.30. The molecule has 2 amide bonds. The summed E-state index contributed by atoms with van der Waals surface area (Å²) in [4.78, 5) is 27.2. The Balaban J connectivity index is 1.33. The average molecular weight is 740 g/mol. The zero-order valence-electron chi connectivity index (χ0n) is 30.6. The van der Waals surface area contributed by atoms with Crippen molar-refractivity contribution in [3.05, 3.63) is 82.5 Å². The number of benzene rings is 2. The Kier molecular flexibility index (Phi) is 16.0. The zero-order valence-corrected chi connectivity index (χ0v) is 32.2. The number of aromatic nitrogens is 2. The third-order valence-electron chi connectivity index (χ3n) is 9.29. The Morgan fingerprint density at radius 2 is 2.06 bits per heavy atom. The van der Waals surface area contributed by atoms with Gasteiger partial charge in [-0.2, -0.15) is 0 Å². The molecule has 278 valence electrons. The number of carbonyl (C=O) groups excluding carboxylic acids is 2. The summed E-state index contributed by atoms with van der Waals surface area (Å²) >= 11 is 7.58. The fourth-order valence-corrected chi connectivity index (χ4v) is 7.40. The lowest BCUT2D eigenvalue weighted by atomic mass is 9.96. The van der Waals surface area contributed by atoms with Crippen molar-refractivity contribution in [2.45, 2.75) is 65.4 Å². The maximum Gasteiger partial charge on any atom is 0.268 e. The van der Waals surface area contributed by atoms with Gasteiger partial charge in [0.25, 0.3) is 5.91 Å². The maximum absolute atomic E-state index is 12.7. The van der Waals surface area contributed by atoms with Gasteiger partial charge in [-0.05, 0) is 98.7 Å². The number of fused-ring (bicyclic) bond motifs is 1. The van der Waals surface area contributed by atoms with Crippen LogP contribution in [0.3, 0.4) is 0 Å². The van der Waals surface area contributed by atoms with Crippen molar-refractivity contribution in [2.24, 2.45) is 30.5 Å². The fraction of sp³-hybridized carbons (Fsp3) is 0.513. The van der Waals surface area contributed by atoms with Crippen molar-refractivity contribution in [3.8, 4) is 11.6 Å². The molecule has 12 heteroatoms. The topological polar surface area (TPSA) is 121 Å². The molecule has 0 spiro atoms. The Morgan fingerprint density at radius 1 is 1.24 bits per heavy atom. The molecule has 0 saturated heterocycles. The first-order valence-corrected chi connectivity index (χ1v) is 19.3. The lowest BCUT2D eigenvalue weighted by molar-refractivity contribution is 0.0658. The molecular weight excluding hydrogens is 686 g/mol. The largest absolute Gasteiger partial charge is 0.491 e. The number of hydrogen-bond acceptors (Lipinski definition) is 8. The summed E-state index contributed by atoms with van der Waals surface area (Å²) in [5.41, 5.74) is 8.77. The van der Waals surface area contributed by atoms with E-state index < -0.39 is 5.91 Å². The molecule has 3 aromatic rings. The summed E-state index contributed by atoms with van der Waals surface area (Å²) in [6, 6.07) is 13.6. The lowest BCUT2D eigenvalue weighted by Crippen LogP contribution is -2.34. The van der Waals surface area contributed by atoms with Crippen LogP contribution in [0, 0.1) is 17.8 Å². The van der Waals surface area contributed by atoms with Gasteiger partial charge in [-0.15, -0.1) is 5.10 Å². The zero-order chi connectivity index (χ0) is 36.8. The third-order valence-corrected chi connectivity index (χ3v) is 10.5. The second kappa shape index (κ2) is 20.4. The molecule has 10 nitrogen and oxygen atoms in total. The van der Waals surface area contributed by atoms with E-state index >= 15 is 0 Å². The standard InChI is InChI=1S/C39H54ClN5O5S/c1-6-28(12-8-9-17-35(49-7-2)27(3)26-51-43-38(47)33-24-44(4)42-39(33)48-5)22-45-23-30(15-10-13-29-14-11-16-32(40)20-29)25-50-36-19-18-31(37(41)46)21-34(36)45/h9,11,14,16-21,24,27-28,30,35H,6-8,10,12-13,15,22-23,25-26H2,1-5H3,(H2,41,46)(H,43,47)/b17-9+/t27-,28-,30?,35?/m1/s1. The molecule has 0 bridgehead atoms. The molecule has 2 aromatic carbocycles. The predicted octanol–water partition coefficient (Wildman–Crippen LogP) is 7.50. The molecule has 4 atom stereocenters. The molecule has 51 heavy (non-hydrogen) atoms. The van der Waals surface area contributed by atoms with Gasteiger partial charge >= 0.3 is 0 Å². The Labute approximate surface area is 312 Å². The molecule has 3 N–H and O–H groups in total. The Bertz CT molecular complexity index is 1600. The highest BCUT2D eigenvalue weighted by Crippen LogP contribution is 2.35. The summed E-state index contributed by atoms with van der Waals surface area (Å²) in [5.74, 6) is 2.06. The van der Waals surface area contributed by atoms with Crippen molar-refractivity contribution in [1.29, 1.82) is 0 Å². The second-order valence-corrected chi connectivity index (χ2v) is 14.6. The van der Waals surface area contributed by atoms with E-state index in [9.17, 15) is 9.59 Å². The van der Waals surface area contributed by atoms with Gasteiger partial charge in [0.2, 0.25) is 11.8 Å². The van der Waals surface area contributed by atoms with Crippen LogP contribution in [0.2, 0.25) is 5.02 Å². The first-order chi connectivity index (χ1) is 24.6. The van der Waals surface area contributed by atoms with Crippen molar-refractivity contribution in [3.63, 3.8) is 0 Å². The predicted molar refractivity (Wildman–Crippen MR) is 207 cm³/mol. The number of methoxy groups -OCH3 is 1. The molecule has 4 rings (SSSR count). The van der Waals surface area contributed by atoms with Crippen LogP contribution < -0.4 is 24.8 Å². The summed E-state index contributed by atoms with van der Waals surface area (Å²) in [6.07, 6.45) is 12.0. The van der Waals surface area contributed by atoms with Crippen LogP contribution in [0.1, 0.15) is 79.2 Å². The molecule has 1 aliphatic heterocycles. The fourth-order valence-electron chi connectivity index (χ4n) is 6.41. The van der Waals surface area contributed by atoms with Crippen LogP contribution >= 0.6 is 23.5 Å². The van der Waals surface area contributed by atoms with E-state index in [0.29, 0.717) is 47.8 Å². The molecule has 1 aromatic heterocycles. The van der Waals surface area contributed by atoms with Gasteiger partial charge in [0.05, 0.1) is 25.5 Å². The van der Waals surface area contributed by atoms with Gasteiger partial charge in [0.1, 0.15) is 11.3 Å². The van der Waals surface area contributed by atoms with Gasteiger partial charge in [0, 0.05) is 55.2 Å². The Morgan fingerprint density at radius 3 is 2.78 bits per heavy atom. The SMILES string of the molecule is CCOC(/C=C/CC[C@@H](CC)CN1CC(CCCc2cccc(Cl)c2)COc2ccc(C(N)=O)cc21)[C@H](C)CSNC(=O)c1cn(C)nc1OC. The van der Waals surface area contributed by atoms with Crippen LogP contribution in [-0.4, -0.2) is 66.9 Å². The first-order valence-electron chi connectivity index (χ1n) is 18.0. The number of allylic oxidation sites excluding steroid dienone is 1. The molecule has 1 aliphatic rings. The van der Waals surface area contributed by atoms with E-state index in [2.05, 4.69) is 46.8 Å². The number of amides is 2. The van der Waals surface area contributed by atoms with Crippen LogP contribution in [0.4, 0.5) is 5.69 Å². The average Bonchev–Trinajstić information content (AvgIpc) is 3.42. The quantitative estimate of drug-likeness (QED) is 0.0903. The van der Waals surface area contributed by atoms with Crippen molar-refractivity contribution >= 4 is 41.1 Å². The van der Waals surface area contributed by atoms with Gasteiger partial charge in [-0.1, -0.05) is 56.2 Å². The van der Waals surface area contributed by atoms with Crippen molar-refractivity contribution < 1.29 is 23.8 Å². The molecule has 0 saturated carbocycles. The van der Waals surface area contributed by atoms with Gasteiger partial charge < -0.3 is 24.8 Å². The Hall–Kier alpha value is -3.67. The number of rotatable bonds is 20. The summed E-state index contributed by atoms with van der Waals surface area (Å²) in [5, 5.41) is 4.92. The number of nitrogens with one attached hydrogen (secondary N) is 1.